The van der Waals surface area contributed by atoms with Crippen molar-refractivity contribution in [2.45, 2.75) is 32.1 Å². The number of benzene rings is 1. The first-order chi connectivity index (χ1) is 15.0. The van der Waals surface area contributed by atoms with Crippen molar-refractivity contribution < 1.29 is 18.7 Å². The normalized spacial score (nSPS) is 17.0. The standard InChI is InChI=1S/C23H28FN3O3S/c1-30-23(29)21-18-5-3-2-4-6-19(18)31-22(21)25-20(28)15-26-11-13-27(14-12-26)17-9-7-16(24)8-10-17/h7-10H,2-6,11-15H2,1H3,(H,25,28). The fourth-order valence-corrected chi connectivity index (χ4v) is 5.63. The summed E-state index contributed by atoms with van der Waals surface area (Å²) in [6.45, 7) is 3.32. The summed E-state index contributed by atoms with van der Waals surface area (Å²) in [5.41, 5.74) is 2.59. The Hall–Kier alpha value is -2.45. The number of rotatable bonds is 5. The molecular formula is C23H28FN3O3S. The lowest BCUT2D eigenvalue weighted by molar-refractivity contribution is -0.117. The van der Waals surface area contributed by atoms with Gasteiger partial charge in [-0.3, -0.25) is 9.69 Å². The van der Waals surface area contributed by atoms with Crippen molar-refractivity contribution in [1.29, 1.82) is 0 Å². The number of halogens is 1. The lowest BCUT2D eigenvalue weighted by Gasteiger charge is -2.35. The molecule has 1 aliphatic carbocycles. The lowest BCUT2D eigenvalue weighted by atomic mass is 10.1. The van der Waals surface area contributed by atoms with Crippen molar-refractivity contribution >= 4 is 33.9 Å². The van der Waals surface area contributed by atoms with Gasteiger partial charge in [0.15, 0.2) is 0 Å². The van der Waals surface area contributed by atoms with Gasteiger partial charge in [0.05, 0.1) is 19.2 Å². The first-order valence-corrected chi connectivity index (χ1v) is 11.6. The van der Waals surface area contributed by atoms with Crippen LogP contribution in [0.4, 0.5) is 15.1 Å². The van der Waals surface area contributed by atoms with E-state index in [2.05, 4.69) is 15.1 Å². The van der Waals surface area contributed by atoms with Crippen LogP contribution in [0.2, 0.25) is 0 Å². The topological polar surface area (TPSA) is 61.9 Å². The van der Waals surface area contributed by atoms with Crippen LogP contribution in [-0.2, 0) is 22.4 Å². The predicted molar refractivity (Wildman–Crippen MR) is 121 cm³/mol. The maximum atomic E-state index is 13.1. The molecule has 1 fully saturated rings. The van der Waals surface area contributed by atoms with Crippen molar-refractivity contribution in [1.82, 2.24) is 4.90 Å². The molecule has 0 radical (unpaired) electrons. The SMILES string of the molecule is COC(=O)c1c(NC(=O)CN2CCN(c3ccc(F)cc3)CC2)sc2c1CCCCC2. The minimum atomic E-state index is -0.373. The molecule has 4 rings (SSSR count). The molecule has 2 aliphatic rings. The van der Waals surface area contributed by atoms with Crippen LogP contribution >= 0.6 is 11.3 Å². The van der Waals surface area contributed by atoms with Crippen LogP contribution in [0, 0.1) is 5.82 Å². The molecule has 166 valence electrons. The van der Waals surface area contributed by atoms with E-state index in [1.54, 1.807) is 12.1 Å². The molecule has 2 heterocycles. The summed E-state index contributed by atoms with van der Waals surface area (Å²) in [5, 5.41) is 3.60. The number of carbonyl (C=O) groups is 2. The Morgan fingerprint density at radius 1 is 1.06 bits per heavy atom. The highest BCUT2D eigenvalue weighted by atomic mass is 32.1. The summed E-state index contributed by atoms with van der Waals surface area (Å²) in [7, 11) is 1.38. The number of aryl methyl sites for hydroxylation is 1. The highest BCUT2D eigenvalue weighted by Crippen LogP contribution is 2.38. The van der Waals surface area contributed by atoms with Gasteiger partial charge in [0.25, 0.3) is 0 Å². The second kappa shape index (κ2) is 9.78. The molecule has 31 heavy (non-hydrogen) atoms. The van der Waals surface area contributed by atoms with Crippen LogP contribution in [-0.4, -0.2) is 56.6 Å². The van der Waals surface area contributed by atoms with Crippen molar-refractivity contribution in [3.63, 3.8) is 0 Å². The van der Waals surface area contributed by atoms with Crippen molar-refractivity contribution in [3.05, 3.63) is 46.1 Å². The number of hydrogen-bond acceptors (Lipinski definition) is 6. The molecule has 0 atom stereocenters. The number of piperazine rings is 1. The van der Waals surface area contributed by atoms with Gasteiger partial charge in [-0.05, 0) is 55.5 Å². The zero-order chi connectivity index (χ0) is 21.8. The van der Waals surface area contributed by atoms with Crippen LogP contribution in [0.25, 0.3) is 0 Å². The van der Waals surface area contributed by atoms with Crippen LogP contribution in [0.15, 0.2) is 24.3 Å². The number of fused-ring (bicyclic) bond motifs is 1. The molecule has 0 unspecified atom stereocenters. The third kappa shape index (κ3) is 5.07. The number of ether oxygens (including phenoxy) is 1. The quantitative estimate of drug-likeness (QED) is 0.562. The molecule has 1 amide bonds. The fraction of sp³-hybridized carbons (Fsp3) is 0.478. The number of amides is 1. The summed E-state index contributed by atoms with van der Waals surface area (Å²) in [6.07, 6.45) is 5.13. The van der Waals surface area contributed by atoms with E-state index in [1.165, 1.54) is 35.5 Å². The van der Waals surface area contributed by atoms with Gasteiger partial charge in [0, 0.05) is 36.7 Å². The molecule has 1 aromatic carbocycles. The van der Waals surface area contributed by atoms with Gasteiger partial charge in [-0.25, -0.2) is 9.18 Å². The van der Waals surface area contributed by atoms with E-state index < -0.39 is 0 Å². The summed E-state index contributed by atoms with van der Waals surface area (Å²) < 4.78 is 18.1. The van der Waals surface area contributed by atoms with Crippen LogP contribution in [0.3, 0.4) is 0 Å². The van der Waals surface area contributed by atoms with Gasteiger partial charge in [-0.1, -0.05) is 6.42 Å². The molecule has 6 nitrogen and oxygen atoms in total. The Labute approximate surface area is 186 Å². The second-order valence-corrected chi connectivity index (χ2v) is 9.15. The number of methoxy groups -OCH3 is 1. The Morgan fingerprint density at radius 3 is 2.48 bits per heavy atom. The Balaban J connectivity index is 1.37. The predicted octanol–water partition coefficient (Wildman–Crippen LogP) is 3.70. The molecule has 1 N–H and O–H groups in total. The number of nitrogens with one attached hydrogen (secondary N) is 1. The van der Waals surface area contributed by atoms with Gasteiger partial charge in [0.1, 0.15) is 10.8 Å². The smallest absolute Gasteiger partial charge is 0.341 e. The minimum Gasteiger partial charge on any atom is -0.465 e. The van der Waals surface area contributed by atoms with Crippen molar-refractivity contribution in [2.75, 3.05) is 50.1 Å². The van der Waals surface area contributed by atoms with Gasteiger partial charge in [-0.15, -0.1) is 11.3 Å². The largest absolute Gasteiger partial charge is 0.465 e. The Morgan fingerprint density at radius 2 is 1.77 bits per heavy atom. The molecule has 0 bridgehead atoms. The molecule has 1 aliphatic heterocycles. The number of carbonyl (C=O) groups excluding carboxylic acids is 2. The van der Waals surface area contributed by atoms with E-state index in [1.807, 2.05) is 0 Å². The fourth-order valence-electron chi connectivity index (χ4n) is 4.33. The molecule has 1 saturated heterocycles. The van der Waals surface area contributed by atoms with Crippen LogP contribution < -0.4 is 10.2 Å². The third-order valence-electron chi connectivity index (χ3n) is 6.00. The summed E-state index contributed by atoms with van der Waals surface area (Å²) >= 11 is 1.52. The number of nitrogens with zero attached hydrogens (tertiary/aromatic N) is 2. The van der Waals surface area contributed by atoms with E-state index in [9.17, 15) is 14.0 Å². The molecule has 8 heteroatoms. The van der Waals surface area contributed by atoms with E-state index in [-0.39, 0.29) is 24.2 Å². The molecule has 2 aromatic rings. The first-order valence-electron chi connectivity index (χ1n) is 10.8. The summed E-state index contributed by atoms with van der Waals surface area (Å²) in [5.74, 6) is -0.726. The maximum Gasteiger partial charge on any atom is 0.341 e. The minimum absolute atomic E-state index is 0.114. The molecule has 0 saturated carbocycles. The number of hydrogen-bond donors (Lipinski definition) is 1. The highest BCUT2D eigenvalue weighted by Gasteiger charge is 2.27. The Kier molecular flexibility index (Phi) is 6.87. The van der Waals surface area contributed by atoms with E-state index >= 15 is 0 Å². The molecular weight excluding hydrogens is 417 g/mol. The molecule has 1 aromatic heterocycles. The monoisotopic (exact) mass is 445 g/mol. The average molecular weight is 446 g/mol. The van der Waals surface area contributed by atoms with Gasteiger partial charge < -0.3 is 15.0 Å². The van der Waals surface area contributed by atoms with Gasteiger partial charge >= 0.3 is 5.97 Å². The van der Waals surface area contributed by atoms with E-state index in [0.29, 0.717) is 10.6 Å². The maximum absolute atomic E-state index is 13.1. The van der Waals surface area contributed by atoms with Gasteiger partial charge in [0.2, 0.25) is 5.91 Å². The van der Waals surface area contributed by atoms with Crippen molar-refractivity contribution in [2.24, 2.45) is 0 Å². The zero-order valence-electron chi connectivity index (χ0n) is 17.8. The van der Waals surface area contributed by atoms with E-state index in [0.717, 1.165) is 69.5 Å². The first kappa shape index (κ1) is 21.8. The van der Waals surface area contributed by atoms with Gasteiger partial charge in [-0.2, -0.15) is 0 Å². The van der Waals surface area contributed by atoms with Crippen LogP contribution in [0.1, 0.15) is 40.1 Å². The molecule has 0 spiro atoms. The highest BCUT2D eigenvalue weighted by molar-refractivity contribution is 7.17. The number of thiophene rings is 1. The third-order valence-corrected chi connectivity index (χ3v) is 7.20. The number of esters is 1. The van der Waals surface area contributed by atoms with Crippen LogP contribution in [0.5, 0.6) is 0 Å². The average Bonchev–Trinajstić information content (AvgIpc) is 2.94. The number of anilines is 2. The summed E-state index contributed by atoms with van der Waals surface area (Å²) in [4.78, 5) is 30.7. The van der Waals surface area contributed by atoms with E-state index in [4.69, 9.17) is 4.74 Å². The second-order valence-electron chi connectivity index (χ2n) is 8.05. The summed E-state index contributed by atoms with van der Waals surface area (Å²) in [6, 6.07) is 6.51. The zero-order valence-corrected chi connectivity index (χ0v) is 18.6. The lowest BCUT2D eigenvalue weighted by Crippen LogP contribution is -2.48. The van der Waals surface area contributed by atoms with Crippen molar-refractivity contribution in [3.8, 4) is 0 Å². The Bertz CT molecular complexity index is 936.